The molecule has 0 bridgehead atoms. The van der Waals surface area contributed by atoms with E-state index in [0.717, 1.165) is 29.9 Å². The van der Waals surface area contributed by atoms with E-state index >= 15 is 0 Å². The van der Waals surface area contributed by atoms with Crippen molar-refractivity contribution < 1.29 is 9.18 Å². The topological polar surface area (TPSA) is 61.0 Å². The lowest BCUT2D eigenvalue weighted by atomic mass is 9.73. The molecule has 0 radical (unpaired) electrons. The summed E-state index contributed by atoms with van der Waals surface area (Å²) in [7, 11) is 2.06. The number of nitrogens with one attached hydrogen (secondary N) is 2. The number of amides is 1. The Labute approximate surface area is 143 Å². The zero-order valence-corrected chi connectivity index (χ0v) is 13.9. The summed E-state index contributed by atoms with van der Waals surface area (Å²) in [5.41, 5.74) is 4.49. The van der Waals surface area contributed by atoms with Crippen molar-refractivity contribution in [2.24, 2.45) is 0 Å². The molecule has 1 saturated heterocycles. The number of likely N-dealkylation sites (N-methyl/N-ethyl adjacent to an activating group) is 1. The van der Waals surface area contributed by atoms with E-state index in [1.165, 1.54) is 0 Å². The highest BCUT2D eigenvalue weighted by Crippen LogP contribution is 2.45. The summed E-state index contributed by atoms with van der Waals surface area (Å²) in [4.78, 5) is 22.1. The van der Waals surface area contributed by atoms with Crippen LogP contribution in [-0.2, 0) is 18.3 Å². The Morgan fingerprint density at radius 1 is 1.33 bits per heavy atom. The lowest BCUT2D eigenvalue weighted by Crippen LogP contribution is -2.65. The van der Waals surface area contributed by atoms with Gasteiger partial charge in [0.05, 0.1) is 16.7 Å². The van der Waals surface area contributed by atoms with Crippen LogP contribution in [0.1, 0.15) is 27.2 Å². The third-order valence-electron chi connectivity index (χ3n) is 5.54. The van der Waals surface area contributed by atoms with Crippen molar-refractivity contribution in [3.63, 3.8) is 0 Å². The van der Waals surface area contributed by atoms with Crippen LogP contribution in [0.25, 0.3) is 11.3 Å². The van der Waals surface area contributed by atoms with Crippen LogP contribution < -0.4 is 5.32 Å². The van der Waals surface area contributed by atoms with Gasteiger partial charge >= 0.3 is 0 Å². The monoisotopic (exact) mass is 346 g/mol. The van der Waals surface area contributed by atoms with E-state index in [1.54, 1.807) is 6.20 Å². The molecule has 1 amide bonds. The smallest absolute Gasteiger partial charge is 0.253 e. The van der Waals surface area contributed by atoms with Crippen LogP contribution in [0.15, 0.2) is 6.20 Å². The number of nitrogens with zero attached hydrogens (tertiary/aromatic N) is 2. The molecule has 0 unspecified atom stereocenters. The molecule has 2 aromatic rings. The summed E-state index contributed by atoms with van der Waals surface area (Å²) >= 11 is 5.90. The number of aromatic nitrogens is 2. The van der Waals surface area contributed by atoms with E-state index in [0.29, 0.717) is 36.2 Å². The zero-order valence-electron chi connectivity index (χ0n) is 13.2. The van der Waals surface area contributed by atoms with Gasteiger partial charge in [-0.1, -0.05) is 11.6 Å². The van der Waals surface area contributed by atoms with Gasteiger partial charge in [0.15, 0.2) is 11.0 Å². The largest absolute Gasteiger partial charge is 0.357 e. The molecule has 124 valence electrons. The molecule has 4 heterocycles. The number of aromatic amines is 1. The first kappa shape index (κ1) is 14.4. The molecule has 2 N–H and O–H groups in total. The average molecular weight is 347 g/mol. The molecule has 0 aromatic carbocycles. The van der Waals surface area contributed by atoms with Crippen molar-refractivity contribution in [3.8, 4) is 11.3 Å². The molecule has 2 aromatic heterocycles. The molecule has 5 nitrogen and oxygen atoms in total. The molecule has 2 aliphatic heterocycles. The van der Waals surface area contributed by atoms with Gasteiger partial charge in [-0.3, -0.25) is 4.79 Å². The van der Waals surface area contributed by atoms with Gasteiger partial charge in [-0.15, -0.1) is 0 Å². The summed E-state index contributed by atoms with van der Waals surface area (Å²) in [5.74, 6) is -0.569. The molecule has 5 rings (SSSR count). The van der Waals surface area contributed by atoms with E-state index in [-0.39, 0.29) is 16.5 Å². The van der Waals surface area contributed by atoms with Gasteiger partial charge in [0.1, 0.15) is 0 Å². The van der Waals surface area contributed by atoms with Gasteiger partial charge in [0, 0.05) is 37.1 Å². The molecule has 3 aliphatic rings. The first-order chi connectivity index (χ1) is 11.5. The van der Waals surface area contributed by atoms with E-state index in [1.807, 2.05) is 0 Å². The van der Waals surface area contributed by atoms with Crippen LogP contribution in [0.2, 0.25) is 5.15 Å². The van der Waals surface area contributed by atoms with E-state index in [2.05, 4.69) is 27.2 Å². The first-order valence-corrected chi connectivity index (χ1v) is 8.43. The summed E-state index contributed by atoms with van der Waals surface area (Å²) in [6, 6.07) is 0. The molecule has 7 heteroatoms. The highest BCUT2D eigenvalue weighted by atomic mass is 35.5. The van der Waals surface area contributed by atoms with Gasteiger partial charge in [0.25, 0.3) is 5.91 Å². The number of H-pyrrole nitrogens is 1. The van der Waals surface area contributed by atoms with Gasteiger partial charge in [-0.2, -0.15) is 0 Å². The van der Waals surface area contributed by atoms with Crippen LogP contribution in [0.5, 0.6) is 0 Å². The second-order valence-corrected chi connectivity index (χ2v) is 7.49. The van der Waals surface area contributed by atoms with Crippen molar-refractivity contribution in [2.45, 2.75) is 18.3 Å². The Balaban J connectivity index is 1.77. The Hall–Kier alpha value is -1.92. The van der Waals surface area contributed by atoms with E-state index in [4.69, 9.17) is 11.6 Å². The number of aryl methyl sites for hydroxylation is 1. The quantitative estimate of drug-likeness (QED) is 0.716. The number of carbonyl (C=O) groups is 1. The van der Waals surface area contributed by atoms with Crippen LogP contribution in [0.3, 0.4) is 0 Å². The minimum atomic E-state index is -0.506. The molecule has 1 aliphatic carbocycles. The number of hydrogen-bond acceptors (Lipinski definition) is 3. The standard InChI is InChI=1S/C17H16ClFN4O/c1-23-6-17(7-23)5-21-16(24)11-9-3-2-8-4-20-15(18)12(19)10(8)13(9)22-14(11)17/h4,22H,2-3,5-7H2,1H3,(H,21,24). The minimum Gasteiger partial charge on any atom is -0.357 e. The van der Waals surface area contributed by atoms with E-state index < -0.39 is 5.82 Å². The fourth-order valence-electron chi connectivity index (χ4n) is 4.55. The van der Waals surface area contributed by atoms with Gasteiger partial charge in [-0.05, 0) is 31.0 Å². The SMILES string of the molecule is CN1CC2(CNC(=O)c3c2[nH]c2c3CCc3cnc(Cl)c(F)c3-2)C1. The fourth-order valence-corrected chi connectivity index (χ4v) is 4.70. The maximum Gasteiger partial charge on any atom is 0.253 e. The van der Waals surface area contributed by atoms with Crippen molar-refractivity contribution in [1.29, 1.82) is 0 Å². The number of hydrogen-bond donors (Lipinski definition) is 2. The molecular weight excluding hydrogens is 331 g/mol. The summed E-state index contributed by atoms with van der Waals surface area (Å²) in [6.45, 7) is 2.38. The minimum absolute atomic E-state index is 0.0633. The lowest BCUT2D eigenvalue weighted by Gasteiger charge is -2.50. The Morgan fingerprint density at radius 2 is 2.12 bits per heavy atom. The van der Waals surface area contributed by atoms with Crippen LogP contribution in [0.4, 0.5) is 4.39 Å². The normalized spacial score (nSPS) is 20.9. The van der Waals surface area contributed by atoms with Crippen LogP contribution in [0, 0.1) is 5.82 Å². The molecule has 1 fully saturated rings. The maximum absolute atomic E-state index is 14.7. The summed E-state index contributed by atoms with van der Waals surface area (Å²) < 4.78 is 14.7. The molecule has 1 spiro atoms. The second-order valence-electron chi connectivity index (χ2n) is 7.13. The third-order valence-corrected chi connectivity index (χ3v) is 5.81. The van der Waals surface area contributed by atoms with Crippen LogP contribution >= 0.6 is 11.6 Å². The zero-order chi connectivity index (χ0) is 16.6. The second kappa shape index (κ2) is 4.58. The van der Waals surface area contributed by atoms with Gasteiger partial charge in [-0.25, -0.2) is 9.37 Å². The van der Waals surface area contributed by atoms with Crippen molar-refractivity contribution in [1.82, 2.24) is 20.2 Å². The number of fused-ring (bicyclic) bond motifs is 6. The number of halogens is 2. The number of rotatable bonds is 0. The summed E-state index contributed by atoms with van der Waals surface area (Å²) in [5, 5.41) is 2.89. The molecular formula is C17H16ClFN4O. The fraction of sp³-hybridized carbons (Fsp3) is 0.412. The molecule has 0 saturated carbocycles. The predicted octanol–water partition coefficient (Wildman–Crippen LogP) is 1.89. The number of carbonyl (C=O) groups excluding carboxylic acids is 1. The van der Waals surface area contributed by atoms with Crippen molar-refractivity contribution in [3.05, 3.63) is 39.6 Å². The first-order valence-electron chi connectivity index (χ1n) is 8.05. The Kier molecular flexibility index (Phi) is 2.75. The lowest BCUT2D eigenvalue weighted by molar-refractivity contribution is 0.0688. The Bertz CT molecular complexity index is 900. The average Bonchev–Trinajstić information content (AvgIpc) is 2.93. The molecule has 24 heavy (non-hydrogen) atoms. The third kappa shape index (κ3) is 1.67. The highest BCUT2D eigenvalue weighted by Gasteiger charge is 2.50. The van der Waals surface area contributed by atoms with Gasteiger partial charge < -0.3 is 15.2 Å². The van der Waals surface area contributed by atoms with E-state index in [9.17, 15) is 9.18 Å². The van der Waals surface area contributed by atoms with Gasteiger partial charge in [0.2, 0.25) is 0 Å². The predicted molar refractivity (Wildman–Crippen MR) is 87.9 cm³/mol. The van der Waals surface area contributed by atoms with Crippen molar-refractivity contribution in [2.75, 3.05) is 26.7 Å². The maximum atomic E-state index is 14.7. The number of likely N-dealkylation sites (tertiary alicyclic amines) is 1. The highest BCUT2D eigenvalue weighted by molar-refractivity contribution is 6.29. The molecule has 0 atom stereocenters. The Morgan fingerprint density at radius 3 is 2.88 bits per heavy atom. The number of pyridine rings is 1. The summed E-state index contributed by atoms with van der Waals surface area (Å²) in [6.07, 6.45) is 3.00. The van der Waals surface area contributed by atoms with Crippen molar-refractivity contribution >= 4 is 17.5 Å². The van der Waals surface area contributed by atoms with Crippen LogP contribution in [-0.4, -0.2) is 47.5 Å².